The summed E-state index contributed by atoms with van der Waals surface area (Å²) in [7, 11) is 0. The standard InChI is InChI=1S/C13H14Br2N2OS/c1-3-4-8(14)12(18)17-13-16-10-6-9(15)7(2)5-11(10)19-13/h5-6,8H,3-4H2,1-2H3,(H,16,17,18). The summed E-state index contributed by atoms with van der Waals surface area (Å²) < 4.78 is 2.12. The van der Waals surface area contributed by atoms with Gasteiger partial charge in [-0.25, -0.2) is 4.98 Å². The van der Waals surface area contributed by atoms with Crippen LogP contribution in [0.3, 0.4) is 0 Å². The molecule has 1 unspecified atom stereocenters. The van der Waals surface area contributed by atoms with Crippen molar-refractivity contribution in [2.75, 3.05) is 5.32 Å². The summed E-state index contributed by atoms with van der Waals surface area (Å²) in [4.78, 5) is 16.2. The maximum absolute atomic E-state index is 11.9. The highest BCUT2D eigenvalue weighted by Crippen LogP contribution is 2.30. The molecule has 0 spiro atoms. The number of halogens is 2. The number of rotatable bonds is 4. The molecule has 1 N–H and O–H groups in total. The Morgan fingerprint density at radius 3 is 2.95 bits per heavy atom. The normalized spacial score (nSPS) is 12.6. The van der Waals surface area contributed by atoms with E-state index in [2.05, 4.69) is 55.2 Å². The largest absolute Gasteiger partial charge is 0.301 e. The van der Waals surface area contributed by atoms with Crippen molar-refractivity contribution in [3.63, 3.8) is 0 Å². The molecular formula is C13H14Br2N2OS. The number of anilines is 1. The van der Waals surface area contributed by atoms with Crippen molar-refractivity contribution < 1.29 is 4.79 Å². The molecule has 0 bridgehead atoms. The Morgan fingerprint density at radius 2 is 2.26 bits per heavy atom. The van der Waals surface area contributed by atoms with E-state index in [1.165, 1.54) is 16.9 Å². The lowest BCUT2D eigenvalue weighted by Crippen LogP contribution is -2.22. The van der Waals surface area contributed by atoms with Gasteiger partial charge in [0.05, 0.1) is 15.0 Å². The molecule has 102 valence electrons. The molecule has 2 rings (SSSR count). The molecule has 0 aliphatic carbocycles. The lowest BCUT2D eigenvalue weighted by atomic mass is 10.2. The SMILES string of the molecule is CCCC(Br)C(=O)Nc1nc2cc(Br)c(C)cc2s1. The number of nitrogens with one attached hydrogen (secondary N) is 1. The van der Waals surface area contributed by atoms with E-state index in [0.29, 0.717) is 5.13 Å². The zero-order chi connectivity index (χ0) is 14.0. The number of fused-ring (bicyclic) bond motifs is 1. The molecule has 0 fully saturated rings. The van der Waals surface area contributed by atoms with E-state index in [1.54, 1.807) is 0 Å². The molecule has 1 amide bonds. The fraction of sp³-hybridized carbons (Fsp3) is 0.385. The van der Waals surface area contributed by atoms with Crippen LogP contribution in [0.25, 0.3) is 10.2 Å². The summed E-state index contributed by atoms with van der Waals surface area (Å²) >= 11 is 8.37. The third kappa shape index (κ3) is 3.55. The van der Waals surface area contributed by atoms with Crippen LogP contribution in [0.2, 0.25) is 0 Å². The Labute approximate surface area is 133 Å². The molecule has 0 aliphatic rings. The molecule has 6 heteroatoms. The Kier molecular flexibility index (Phi) is 4.97. The predicted molar refractivity (Wildman–Crippen MR) is 88.3 cm³/mol. The predicted octanol–water partition coefficient (Wildman–Crippen LogP) is 4.87. The number of benzene rings is 1. The van der Waals surface area contributed by atoms with Gasteiger partial charge in [-0.15, -0.1) is 0 Å². The third-order valence-corrected chi connectivity index (χ3v) is 5.39. The van der Waals surface area contributed by atoms with Crippen LogP contribution >= 0.6 is 43.2 Å². The van der Waals surface area contributed by atoms with E-state index in [0.717, 1.165) is 27.5 Å². The molecule has 0 radical (unpaired) electrons. The maximum Gasteiger partial charge on any atom is 0.239 e. The van der Waals surface area contributed by atoms with Crippen LogP contribution in [-0.2, 0) is 4.79 Å². The first-order valence-corrected chi connectivity index (χ1v) is 8.55. The van der Waals surface area contributed by atoms with Crippen molar-refractivity contribution in [3.8, 4) is 0 Å². The van der Waals surface area contributed by atoms with Gasteiger partial charge in [0.1, 0.15) is 0 Å². The minimum Gasteiger partial charge on any atom is -0.301 e. The van der Waals surface area contributed by atoms with Gasteiger partial charge < -0.3 is 5.32 Å². The minimum absolute atomic E-state index is 0.0308. The minimum atomic E-state index is -0.155. The van der Waals surface area contributed by atoms with Gasteiger partial charge in [0, 0.05) is 4.47 Å². The van der Waals surface area contributed by atoms with E-state index >= 15 is 0 Å². The van der Waals surface area contributed by atoms with Gasteiger partial charge in [-0.1, -0.05) is 56.5 Å². The molecule has 1 heterocycles. The van der Waals surface area contributed by atoms with Gasteiger partial charge in [-0.05, 0) is 31.0 Å². The van der Waals surface area contributed by atoms with Gasteiger partial charge in [0.15, 0.2) is 5.13 Å². The van der Waals surface area contributed by atoms with E-state index in [-0.39, 0.29) is 10.7 Å². The van der Waals surface area contributed by atoms with Crippen LogP contribution in [0.1, 0.15) is 25.3 Å². The second kappa shape index (κ2) is 6.33. The van der Waals surface area contributed by atoms with E-state index in [1.807, 2.05) is 13.0 Å². The van der Waals surface area contributed by atoms with Gasteiger partial charge in [-0.2, -0.15) is 0 Å². The highest BCUT2D eigenvalue weighted by molar-refractivity contribution is 9.10. The average molecular weight is 406 g/mol. The number of aryl methyl sites for hydroxylation is 1. The Balaban J connectivity index is 2.20. The first-order chi connectivity index (χ1) is 9.01. The van der Waals surface area contributed by atoms with Crippen LogP contribution in [0, 0.1) is 6.92 Å². The molecule has 19 heavy (non-hydrogen) atoms. The quantitative estimate of drug-likeness (QED) is 0.737. The monoisotopic (exact) mass is 404 g/mol. The molecule has 1 aromatic carbocycles. The Bertz CT molecular complexity index is 573. The number of hydrogen-bond donors (Lipinski definition) is 1. The van der Waals surface area contributed by atoms with E-state index < -0.39 is 0 Å². The topological polar surface area (TPSA) is 42.0 Å². The first-order valence-electron chi connectivity index (χ1n) is 6.03. The second-order valence-corrected chi connectivity index (χ2v) is 7.32. The molecule has 0 aliphatic heterocycles. The van der Waals surface area contributed by atoms with E-state index in [4.69, 9.17) is 0 Å². The number of carbonyl (C=O) groups is 1. The highest BCUT2D eigenvalue weighted by atomic mass is 79.9. The second-order valence-electron chi connectivity index (χ2n) is 4.33. The van der Waals surface area contributed by atoms with Gasteiger partial charge in [-0.3, -0.25) is 4.79 Å². The number of carbonyl (C=O) groups excluding carboxylic acids is 1. The number of thiazole rings is 1. The molecule has 3 nitrogen and oxygen atoms in total. The lowest BCUT2D eigenvalue weighted by Gasteiger charge is -2.06. The number of amides is 1. The van der Waals surface area contributed by atoms with Crippen LogP contribution in [0.15, 0.2) is 16.6 Å². The molecule has 1 aromatic heterocycles. The molecule has 0 saturated heterocycles. The fourth-order valence-electron chi connectivity index (χ4n) is 1.67. The number of hydrogen-bond acceptors (Lipinski definition) is 3. The summed E-state index contributed by atoms with van der Waals surface area (Å²) in [6.45, 7) is 4.09. The zero-order valence-corrected chi connectivity index (χ0v) is 14.7. The zero-order valence-electron chi connectivity index (χ0n) is 10.7. The summed E-state index contributed by atoms with van der Waals surface area (Å²) in [6.07, 6.45) is 1.79. The highest BCUT2D eigenvalue weighted by Gasteiger charge is 2.15. The van der Waals surface area contributed by atoms with E-state index in [9.17, 15) is 4.79 Å². The van der Waals surface area contributed by atoms with Crippen LogP contribution in [-0.4, -0.2) is 15.7 Å². The van der Waals surface area contributed by atoms with Gasteiger partial charge in [0.25, 0.3) is 0 Å². The van der Waals surface area contributed by atoms with Crippen molar-refractivity contribution in [1.82, 2.24) is 4.98 Å². The van der Waals surface area contributed by atoms with Crippen LogP contribution in [0.5, 0.6) is 0 Å². The number of aromatic nitrogens is 1. The van der Waals surface area contributed by atoms with Crippen LogP contribution < -0.4 is 5.32 Å². The van der Waals surface area contributed by atoms with Crippen molar-refractivity contribution in [2.24, 2.45) is 0 Å². The first kappa shape index (κ1) is 14.9. The van der Waals surface area contributed by atoms with Crippen molar-refractivity contribution in [1.29, 1.82) is 0 Å². The molecule has 2 aromatic rings. The molecule has 1 atom stereocenters. The molecular weight excluding hydrogens is 392 g/mol. The summed E-state index contributed by atoms with van der Waals surface area (Å²) in [5.74, 6) is -0.0308. The third-order valence-electron chi connectivity index (χ3n) is 2.73. The average Bonchev–Trinajstić information content (AvgIpc) is 2.71. The lowest BCUT2D eigenvalue weighted by molar-refractivity contribution is -0.115. The van der Waals surface area contributed by atoms with Gasteiger partial charge in [0.2, 0.25) is 5.91 Å². The fourth-order valence-corrected chi connectivity index (χ4v) is 3.52. The van der Waals surface area contributed by atoms with Crippen molar-refractivity contribution >= 4 is 64.5 Å². The number of alkyl halides is 1. The summed E-state index contributed by atoms with van der Waals surface area (Å²) in [6, 6.07) is 4.05. The smallest absolute Gasteiger partial charge is 0.239 e. The summed E-state index contributed by atoms with van der Waals surface area (Å²) in [5.41, 5.74) is 2.07. The summed E-state index contributed by atoms with van der Waals surface area (Å²) in [5, 5.41) is 3.51. The van der Waals surface area contributed by atoms with Gasteiger partial charge >= 0.3 is 0 Å². The molecule has 0 saturated carbocycles. The van der Waals surface area contributed by atoms with Crippen LogP contribution in [0.4, 0.5) is 5.13 Å². The Hall–Kier alpha value is -0.460. The van der Waals surface area contributed by atoms with Crippen molar-refractivity contribution in [3.05, 3.63) is 22.2 Å². The Morgan fingerprint density at radius 1 is 1.53 bits per heavy atom. The maximum atomic E-state index is 11.9. The number of nitrogens with zero attached hydrogens (tertiary/aromatic N) is 1. The van der Waals surface area contributed by atoms with Crippen molar-refractivity contribution in [2.45, 2.75) is 31.5 Å².